The van der Waals surface area contributed by atoms with Crippen molar-refractivity contribution in [2.45, 2.75) is 85.4 Å². The van der Waals surface area contributed by atoms with Crippen molar-refractivity contribution in [2.24, 2.45) is 10.9 Å². The van der Waals surface area contributed by atoms with Crippen molar-refractivity contribution in [1.29, 1.82) is 0 Å². The summed E-state index contributed by atoms with van der Waals surface area (Å²) in [5, 5.41) is 9.19. The number of likely N-dealkylation sites (tertiary alicyclic amines) is 1. The molecule has 0 bridgehead atoms. The number of nitrogens with zero attached hydrogens (tertiary/aromatic N) is 3. The Morgan fingerprint density at radius 3 is 2.07 bits per heavy atom. The van der Waals surface area contributed by atoms with Crippen molar-refractivity contribution in [2.75, 3.05) is 26.2 Å². The van der Waals surface area contributed by atoms with Gasteiger partial charge in [-0.05, 0) is 73.1 Å². The number of piperidine rings is 1. The molecule has 8 nitrogen and oxygen atoms in total. The van der Waals surface area contributed by atoms with E-state index in [0.29, 0.717) is 32.0 Å². The minimum Gasteiger partial charge on any atom is -0.443 e. The Balaban J connectivity index is 3.15. The third-order valence-electron chi connectivity index (χ3n) is 4.32. The van der Waals surface area contributed by atoms with Crippen molar-refractivity contribution in [3.63, 3.8) is 0 Å². The highest BCUT2D eigenvalue weighted by atomic mass is 16.6. The van der Waals surface area contributed by atoms with E-state index in [0.717, 1.165) is 19.3 Å². The van der Waals surface area contributed by atoms with E-state index in [-0.39, 0.29) is 12.6 Å². The van der Waals surface area contributed by atoms with E-state index in [4.69, 9.17) is 9.47 Å². The molecule has 0 unspecified atom stereocenters. The van der Waals surface area contributed by atoms with Crippen LogP contribution < -0.4 is 0 Å². The first-order valence-electron chi connectivity index (χ1n) is 10.5. The molecule has 1 rings (SSSR count). The van der Waals surface area contributed by atoms with E-state index in [1.165, 1.54) is 4.90 Å². The van der Waals surface area contributed by atoms with Gasteiger partial charge in [0, 0.05) is 26.2 Å². The smallest absolute Gasteiger partial charge is 0.437 e. The first-order valence-corrected chi connectivity index (χ1v) is 10.5. The van der Waals surface area contributed by atoms with Crippen molar-refractivity contribution in [3.8, 4) is 0 Å². The summed E-state index contributed by atoms with van der Waals surface area (Å²) in [5.41, 5.74) is -1.34. The van der Waals surface area contributed by atoms with Gasteiger partial charge in [-0.15, -0.1) is 4.99 Å². The number of hydrogen-bond acceptors (Lipinski definition) is 5. The molecule has 1 saturated heterocycles. The third-order valence-corrected chi connectivity index (χ3v) is 4.32. The molecule has 0 radical (unpaired) electrons. The standard InChI is InChI=1S/C21H39N3O5/c1-8-12-24(19(27)29-21(5,6)7)17(22-18(26)28-20(2,3)4)23-13-9-16(10-14-23)11-15-25/h16,25H,8-15H2,1-7H3/b22-17+. The van der Waals surface area contributed by atoms with Crippen molar-refractivity contribution in [1.82, 2.24) is 9.80 Å². The molecule has 0 saturated carbocycles. The van der Waals surface area contributed by atoms with Crippen LogP contribution in [0.3, 0.4) is 0 Å². The van der Waals surface area contributed by atoms with Gasteiger partial charge in [0.2, 0.25) is 5.96 Å². The summed E-state index contributed by atoms with van der Waals surface area (Å²) in [6.45, 7) is 14.5. The van der Waals surface area contributed by atoms with Crippen LogP contribution in [0.5, 0.6) is 0 Å². The first kappa shape index (κ1) is 25.2. The Morgan fingerprint density at radius 2 is 1.62 bits per heavy atom. The molecule has 0 aromatic rings. The van der Waals surface area contributed by atoms with Crippen LogP contribution in [0.15, 0.2) is 4.99 Å². The fourth-order valence-corrected chi connectivity index (χ4v) is 3.09. The van der Waals surface area contributed by atoms with Crippen LogP contribution >= 0.6 is 0 Å². The van der Waals surface area contributed by atoms with E-state index in [2.05, 4.69) is 4.99 Å². The van der Waals surface area contributed by atoms with Crippen LogP contribution in [0.25, 0.3) is 0 Å². The number of aliphatic hydroxyl groups is 1. The lowest BCUT2D eigenvalue weighted by Crippen LogP contribution is -2.52. The van der Waals surface area contributed by atoms with Crippen LogP contribution in [0.2, 0.25) is 0 Å². The lowest BCUT2D eigenvalue weighted by atomic mass is 9.94. The molecule has 1 N–H and O–H groups in total. The summed E-state index contributed by atoms with van der Waals surface area (Å²) in [4.78, 5) is 32.9. The normalized spacial score (nSPS) is 16.6. The van der Waals surface area contributed by atoms with E-state index in [9.17, 15) is 14.7 Å². The van der Waals surface area contributed by atoms with Gasteiger partial charge in [0.05, 0.1) is 0 Å². The van der Waals surface area contributed by atoms with E-state index < -0.39 is 23.4 Å². The molecule has 0 spiro atoms. The number of aliphatic hydroxyl groups excluding tert-OH is 1. The number of carbonyl (C=O) groups excluding carboxylic acids is 2. The van der Waals surface area contributed by atoms with Crippen molar-refractivity contribution in [3.05, 3.63) is 0 Å². The summed E-state index contributed by atoms with van der Waals surface area (Å²) in [5.74, 6) is 0.706. The zero-order valence-electron chi connectivity index (χ0n) is 19.2. The molecule has 1 aliphatic heterocycles. The van der Waals surface area contributed by atoms with Crippen LogP contribution in [0.4, 0.5) is 9.59 Å². The maximum Gasteiger partial charge on any atom is 0.437 e. The zero-order valence-corrected chi connectivity index (χ0v) is 19.2. The molecule has 0 atom stereocenters. The second-order valence-electron chi connectivity index (χ2n) is 9.47. The number of hydrogen-bond donors (Lipinski definition) is 1. The quantitative estimate of drug-likeness (QED) is 0.553. The summed E-state index contributed by atoms with van der Waals surface area (Å²) >= 11 is 0. The molecule has 2 amide bonds. The minimum atomic E-state index is -0.727. The molecular formula is C21H39N3O5. The summed E-state index contributed by atoms with van der Waals surface area (Å²) in [6, 6.07) is 0. The summed E-state index contributed by atoms with van der Waals surface area (Å²) in [7, 11) is 0. The number of rotatable bonds is 4. The first-order chi connectivity index (χ1) is 13.4. The SMILES string of the molecule is CCCN(C(=O)OC(C)(C)C)/C(=N/C(=O)OC(C)(C)C)N1CCC(CCO)CC1. The molecule has 29 heavy (non-hydrogen) atoms. The molecule has 0 aromatic carbocycles. The Bertz CT molecular complexity index is 570. The number of guanidine groups is 1. The largest absolute Gasteiger partial charge is 0.443 e. The summed E-state index contributed by atoms with van der Waals surface area (Å²) < 4.78 is 10.9. The van der Waals surface area contributed by atoms with Crippen molar-refractivity contribution >= 4 is 18.1 Å². The van der Waals surface area contributed by atoms with Crippen LogP contribution in [-0.2, 0) is 9.47 Å². The Morgan fingerprint density at radius 1 is 1.07 bits per heavy atom. The van der Waals surface area contributed by atoms with Gasteiger partial charge in [-0.2, -0.15) is 0 Å². The summed E-state index contributed by atoms with van der Waals surface area (Å²) in [6.07, 6.45) is 1.92. The predicted molar refractivity (Wildman–Crippen MR) is 113 cm³/mol. The third kappa shape index (κ3) is 9.47. The lowest BCUT2D eigenvalue weighted by molar-refractivity contribution is 0.0341. The number of ether oxygens (including phenoxy) is 2. The Kier molecular flexibility index (Phi) is 9.39. The maximum absolute atomic E-state index is 12.9. The molecule has 0 aromatic heterocycles. The Hall–Kier alpha value is -1.83. The van der Waals surface area contributed by atoms with Gasteiger partial charge in [0.15, 0.2) is 0 Å². The van der Waals surface area contributed by atoms with E-state index >= 15 is 0 Å². The van der Waals surface area contributed by atoms with Crippen molar-refractivity contribution < 1.29 is 24.2 Å². The predicted octanol–water partition coefficient (Wildman–Crippen LogP) is 4.02. The average molecular weight is 414 g/mol. The topological polar surface area (TPSA) is 91.7 Å². The zero-order chi connectivity index (χ0) is 22.2. The van der Waals surface area contributed by atoms with Gasteiger partial charge in [-0.1, -0.05) is 6.92 Å². The fourth-order valence-electron chi connectivity index (χ4n) is 3.09. The molecule has 0 aliphatic carbocycles. The van der Waals surface area contributed by atoms with E-state index in [1.54, 1.807) is 41.5 Å². The molecule has 168 valence electrons. The van der Waals surface area contributed by atoms with Gasteiger partial charge in [-0.25, -0.2) is 14.5 Å². The highest BCUT2D eigenvalue weighted by molar-refractivity contribution is 5.99. The minimum absolute atomic E-state index is 0.170. The lowest BCUT2D eigenvalue weighted by Gasteiger charge is -2.38. The van der Waals surface area contributed by atoms with Gasteiger partial charge in [0.25, 0.3) is 0 Å². The van der Waals surface area contributed by atoms with Crippen LogP contribution in [-0.4, -0.2) is 70.5 Å². The van der Waals surface area contributed by atoms with Crippen LogP contribution in [0.1, 0.15) is 74.1 Å². The monoisotopic (exact) mass is 413 g/mol. The molecule has 8 heteroatoms. The Labute approximate surface area is 175 Å². The van der Waals surface area contributed by atoms with Crippen LogP contribution in [0, 0.1) is 5.92 Å². The highest BCUT2D eigenvalue weighted by Gasteiger charge is 2.32. The van der Waals surface area contributed by atoms with Gasteiger partial charge in [-0.3, -0.25) is 0 Å². The second-order valence-corrected chi connectivity index (χ2v) is 9.47. The number of amides is 2. The van der Waals surface area contributed by atoms with Gasteiger partial charge in [0.1, 0.15) is 11.2 Å². The molecule has 1 fully saturated rings. The number of aliphatic imine (C=N–C) groups is 1. The van der Waals surface area contributed by atoms with E-state index in [1.807, 2.05) is 11.8 Å². The number of carbonyl (C=O) groups is 2. The average Bonchev–Trinajstić information content (AvgIpc) is 2.56. The molecule has 1 aliphatic rings. The second kappa shape index (κ2) is 10.8. The highest BCUT2D eigenvalue weighted by Crippen LogP contribution is 2.22. The van der Waals surface area contributed by atoms with Gasteiger partial charge >= 0.3 is 12.2 Å². The van der Waals surface area contributed by atoms with Gasteiger partial charge < -0.3 is 19.5 Å². The fraction of sp³-hybridized carbons (Fsp3) is 0.857. The molecule has 1 heterocycles. The maximum atomic E-state index is 12.9. The molecular weight excluding hydrogens is 374 g/mol.